The van der Waals surface area contributed by atoms with Gasteiger partial charge in [-0.3, -0.25) is 0 Å². The van der Waals surface area contributed by atoms with Gasteiger partial charge in [-0.05, 0) is 18.0 Å². The second-order valence-corrected chi connectivity index (χ2v) is 1.93. The summed E-state index contributed by atoms with van der Waals surface area (Å²) in [6.07, 6.45) is 3.79. The van der Waals surface area contributed by atoms with Crippen LogP contribution >= 0.6 is 11.9 Å². The first-order valence-electron chi connectivity index (χ1n) is 1.85. The summed E-state index contributed by atoms with van der Waals surface area (Å²) in [6, 6.07) is 0. The molecule has 1 rings (SSSR count). The minimum absolute atomic E-state index is 0.709. The Labute approximate surface area is 46.5 Å². The molecule has 0 aromatic carbocycles. The predicted molar refractivity (Wildman–Crippen MR) is 27.7 cm³/mol. The highest BCUT2D eigenvalue weighted by molar-refractivity contribution is 7.99. The number of nitriles is 1. The summed E-state index contributed by atoms with van der Waals surface area (Å²) in [5.41, 5.74) is 0. The molecule has 7 heavy (non-hydrogen) atoms. The molecule has 0 bridgehead atoms. The Kier molecular flexibility index (Phi) is 1.23. The van der Waals surface area contributed by atoms with Crippen molar-refractivity contribution in [3.8, 4) is 6.19 Å². The molecular weight excluding hydrogens is 108 g/mol. The van der Waals surface area contributed by atoms with Gasteiger partial charge in [0.2, 0.25) is 0 Å². The third-order valence-corrected chi connectivity index (χ3v) is 1.34. The molecule has 0 aromatic rings. The molecule has 0 saturated carbocycles. The van der Waals surface area contributed by atoms with Crippen LogP contribution in [0.5, 0.6) is 0 Å². The Morgan fingerprint density at radius 3 is 3.14 bits per heavy atom. The van der Waals surface area contributed by atoms with Crippen LogP contribution in [-0.4, -0.2) is 10.8 Å². The molecule has 0 spiro atoms. The molecular formula is C4H3N2S. The van der Waals surface area contributed by atoms with E-state index in [0.717, 1.165) is 0 Å². The van der Waals surface area contributed by atoms with Crippen LogP contribution < -0.4 is 0 Å². The van der Waals surface area contributed by atoms with E-state index in [1.807, 2.05) is 12.3 Å². The minimum Gasteiger partial charge on any atom is -0.245 e. The normalized spacial score (nSPS) is 17.3. The first-order chi connectivity index (χ1) is 3.43. The summed E-state index contributed by atoms with van der Waals surface area (Å²) in [5, 5.41) is 11.0. The monoisotopic (exact) mass is 111 g/mol. The molecule has 0 aromatic heterocycles. The topological polar surface area (TPSA) is 27.0 Å². The van der Waals surface area contributed by atoms with Crippen LogP contribution in [0.3, 0.4) is 0 Å². The summed E-state index contributed by atoms with van der Waals surface area (Å²) in [5.74, 6) is 0. The molecule has 2 nitrogen and oxygen atoms in total. The first kappa shape index (κ1) is 4.54. The Balaban J connectivity index is 2.39. The number of hydrogen-bond acceptors (Lipinski definition) is 3. The van der Waals surface area contributed by atoms with Gasteiger partial charge in [-0.2, -0.15) is 5.26 Å². The molecule has 0 aliphatic carbocycles. The first-order valence-corrected chi connectivity index (χ1v) is 2.62. The van der Waals surface area contributed by atoms with Gasteiger partial charge in [0, 0.05) is 5.41 Å². The van der Waals surface area contributed by atoms with E-state index in [1.165, 1.54) is 11.9 Å². The summed E-state index contributed by atoms with van der Waals surface area (Å²) < 4.78 is 1.54. The SMILES string of the molecule is N#CN1CC=[C]S1. The molecule has 0 N–H and O–H groups in total. The highest BCUT2D eigenvalue weighted by Crippen LogP contribution is 2.13. The zero-order valence-corrected chi connectivity index (χ0v) is 4.40. The van der Waals surface area contributed by atoms with Crippen molar-refractivity contribution in [1.29, 1.82) is 5.26 Å². The maximum atomic E-state index is 8.16. The van der Waals surface area contributed by atoms with Gasteiger partial charge in [0.1, 0.15) is 0 Å². The minimum atomic E-state index is 0.709. The van der Waals surface area contributed by atoms with Crippen molar-refractivity contribution in [2.24, 2.45) is 0 Å². The van der Waals surface area contributed by atoms with Gasteiger partial charge in [0.25, 0.3) is 0 Å². The molecule has 0 amide bonds. The largest absolute Gasteiger partial charge is 0.245 e. The van der Waals surface area contributed by atoms with Crippen LogP contribution in [0.4, 0.5) is 0 Å². The van der Waals surface area contributed by atoms with E-state index in [2.05, 4.69) is 5.41 Å². The van der Waals surface area contributed by atoms with Crippen molar-refractivity contribution < 1.29 is 0 Å². The fourth-order valence-electron chi connectivity index (χ4n) is 0.320. The number of hydrogen-bond donors (Lipinski definition) is 0. The standard InChI is InChI=1S/C4H3N2S/c5-4-6-2-1-3-7-6/h1H,2H2. The average Bonchev–Trinajstić information content (AvgIpc) is 2.14. The Hall–Kier alpha value is -0.620. The molecule has 1 radical (unpaired) electrons. The number of nitrogens with zero attached hydrogens (tertiary/aromatic N) is 2. The predicted octanol–water partition coefficient (Wildman–Crippen LogP) is 0.748. The molecule has 3 heteroatoms. The lowest BCUT2D eigenvalue weighted by molar-refractivity contribution is 0.736. The lowest BCUT2D eigenvalue weighted by atomic mass is 10.6. The molecule has 0 unspecified atom stereocenters. The van der Waals surface area contributed by atoms with Crippen LogP contribution in [0, 0.1) is 16.9 Å². The van der Waals surface area contributed by atoms with Crippen LogP contribution in [0.1, 0.15) is 0 Å². The third-order valence-electron chi connectivity index (χ3n) is 0.615. The molecule has 1 aliphatic rings. The maximum absolute atomic E-state index is 8.16. The van der Waals surface area contributed by atoms with E-state index in [0.29, 0.717) is 6.54 Å². The third kappa shape index (κ3) is 0.875. The van der Waals surface area contributed by atoms with Gasteiger partial charge >= 0.3 is 0 Å². The lowest BCUT2D eigenvalue weighted by Gasteiger charge is -1.97. The second-order valence-electron chi connectivity index (χ2n) is 1.07. The summed E-state index contributed by atoms with van der Waals surface area (Å²) in [4.78, 5) is 0. The summed E-state index contributed by atoms with van der Waals surface area (Å²) in [7, 11) is 0. The summed E-state index contributed by atoms with van der Waals surface area (Å²) >= 11 is 1.31. The Bertz CT molecular complexity index is 116. The van der Waals surface area contributed by atoms with Crippen LogP contribution in [0.25, 0.3) is 0 Å². The van der Waals surface area contributed by atoms with Gasteiger partial charge in [-0.15, -0.1) is 0 Å². The lowest BCUT2D eigenvalue weighted by Crippen LogP contribution is -2.00. The van der Waals surface area contributed by atoms with E-state index < -0.39 is 0 Å². The smallest absolute Gasteiger partial charge is 0.190 e. The Morgan fingerprint density at radius 1 is 2.00 bits per heavy atom. The molecule has 0 saturated heterocycles. The molecule has 35 valence electrons. The van der Waals surface area contributed by atoms with Gasteiger partial charge in [-0.1, -0.05) is 0 Å². The van der Waals surface area contributed by atoms with Crippen molar-refractivity contribution in [2.45, 2.75) is 0 Å². The van der Waals surface area contributed by atoms with Crippen LogP contribution in [0.2, 0.25) is 0 Å². The average molecular weight is 111 g/mol. The van der Waals surface area contributed by atoms with E-state index in [1.54, 1.807) is 4.31 Å². The Morgan fingerprint density at radius 2 is 2.86 bits per heavy atom. The summed E-state index contributed by atoms with van der Waals surface area (Å²) in [6.45, 7) is 0.709. The highest BCUT2D eigenvalue weighted by atomic mass is 32.2. The van der Waals surface area contributed by atoms with E-state index in [9.17, 15) is 0 Å². The van der Waals surface area contributed by atoms with E-state index >= 15 is 0 Å². The zero-order chi connectivity index (χ0) is 5.11. The quantitative estimate of drug-likeness (QED) is 0.341. The van der Waals surface area contributed by atoms with Crippen molar-refractivity contribution >= 4 is 11.9 Å². The molecule has 0 fully saturated rings. The van der Waals surface area contributed by atoms with Gasteiger partial charge in [0.05, 0.1) is 6.54 Å². The second kappa shape index (κ2) is 1.90. The highest BCUT2D eigenvalue weighted by Gasteiger charge is 2.01. The molecule has 1 aliphatic heterocycles. The fraction of sp³-hybridized carbons (Fsp3) is 0.250. The van der Waals surface area contributed by atoms with E-state index in [-0.39, 0.29) is 0 Å². The number of rotatable bonds is 0. The van der Waals surface area contributed by atoms with Crippen molar-refractivity contribution in [1.82, 2.24) is 4.31 Å². The van der Waals surface area contributed by atoms with Gasteiger partial charge in [-0.25, -0.2) is 4.31 Å². The van der Waals surface area contributed by atoms with Crippen molar-refractivity contribution in [3.63, 3.8) is 0 Å². The van der Waals surface area contributed by atoms with Gasteiger partial charge < -0.3 is 0 Å². The van der Waals surface area contributed by atoms with Gasteiger partial charge in [0.15, 0.2) is 6.19 Å². The van der Waals surface area contributed by atoms with Crippen LogP contribution in [0.15, 0.2) is 6.08 Å². The van der Waals surface area contributed by atoms with E-state index in [4.69, 9.17) is 5.26 Å². The maximum Gasteiger partial charge on any atom is 0.190 e. The van der Waals surface area contributed by atoms with Crippen molar-refractivity contribution in [3.05, 3.63) is 11.5 Å². The molecule has 1 heterocycles. The van der Waals surface area contributed by atoms with Crippen molar-refractivity contribution in [2.75, 3.05) is 6.54 Å². The fourth-order valence-corrected chi connectivity index (χ4v) is 0.786. The van der Waals surface area contributed by atoms with Crippen LogP contribution in [-0.2, 0) is 0 Å². The zero-order valence-electron chi connectivity index (χ0n) is 3.59. The molecule has 0 atom stereocenters.